The molecule has 1 aromatic rings. The van der Waals surface area contributed by atoms with Gasteiger partial charge in [0.25, 0.3) is 11.8 Å². The van der Waals surface area contributed by atoms with Crippen molar-refractivity contribution in [2.45, 2.75) is 13.8 Å². The first kappa shape index (κ1) is 12.0. The second kappa shape index (κ2) is 4.61. The number of imide groups is 1. The molecule has 0 spiro atoms. The van der Waals surface area contributed by atoms with Gasteiger partial charge in [-0.3, -0.25) is 14.9 Å². The molecule has 2 amide bonds. The molecule has 0 heterocycles. The first-order valence-corrected chi connectivity index (χ1v) is 4.72. The van der Waals surface area contributed by atoms with Gasteiger partial charge in [0.15, 0.2) is 0 Å². The van der Waals surface area contributed by atoms with Crippen molar-refractivity contribution in [2.75, 3.05) is 0 Å². The Morgan fingerprint density at radius 2 is 2.00 bits per heavy atom. The molecule has 0 saturated heterocycles. The molecule has 0 fully saturated rings. The van der Waals surface area contributed by atoms with Crippen molar-refractivity contribution in [2.24, 2.45) is 0 Å². The van der Waals surface area contributed by atoms with Crippen molar-refractivity contribution in [3.63, 3.8) is 0 Å². The first-order chi connectivity index (χ1) is 7.41. The maximum atomic E-state index is 11.6. The van der Waals surface area contributed by atoms with Crippen LogP contribution in [0.1, 0.15) is 22.8 Å². The molecule has 1 rings (SSSR count). The topological polar surface area (TPSA) is 66.4 Å². The van der Waals surface area contributed by atoms with Gasteiger partial charge in [0.05, 0.1) is 5.56 Å². The molecular formula is C12H13NO3. The largest absolute Gasteiger partial charge is 0.507 e. The summed E-state index contributed by atoms with van der Waals surface area (Å²) in [6.07, 6.45) is 0. The van der Waals surface area contributed by atoms with Crippen LogP contribution in [0.5, 0.6) is 5.75 Å². The highest BCUT2D eigenvalue weighted by atomic mass is 16.3. The van der Waals surface area contributed by atoms with Gasteiger partial charge in [-0.2, -0.15) is 0 Å². The smallest absolute Gasteiger partial charge is 0.261 e. The van der Waals surface area contributed by atoms with Gasteiger partial charge < -0.3 is 5.11 Å². The zero-order valence-electron chi connectivity index (χ0n) is 9.20. The SMILES string of the molecule is C=C(C)C(=O)NC(=O)c1cc(C)ccc1O. The molecular weight excluding hydrogens is 206 g/mol. The fourth-order valence-electron chi connectivity index (χ4n) is 1.11. The molecule has 0 aliphatic heterocycles. The minimum atomic E-state index is -0.630. The van der Waals surface area contributed by atoms with Crippen LogP contribution in [0, 0.1) is 6.92 Å². The summed E-state index contributed by atoms with van der Waals surface area (Å²) in [4.78, 5) is 22.8. The number of carbonyl (C=O) groups excluding carboxylic acids is 2. The lowest BCUT2D eigenvalue weighted by Crippen LogP contribution is -2.30. The molecule has 0 aliphatic rings. The minimum Gasteiger partial charge on any atom is -0.507 e. The zero-order valence-corrected chi connectivity index (χ0v) is 9.20. The second-order valence-corrected chi connectivity index (χ2v) is 3.58. The fourth-order valence-corrected chi connectivity index (χ4v) is 1.11. The maximum Gasteiger partial charge on any atom is 0.261 e. The Bertz CT molecular complexity index is 463. The number of benzene rings is 1. The van der Waals surface area contributed by atoms with Crippen molar-refractivity contribution in [1.82, 2.24) is 5.32 Å². The fraction of sp³-hybridized carbons (Fsp3) is 0.167. The number of rotatable bonds is 2. The number of phenols is 1. The van der Waals surface area contributed by atoms with E-state index in [1.807, 2.05) is 0 Å². The second-order valence-electron chi connectivity index (χ2n) is 3.58. The maximum absolute atomic E-state index is 11.6. The summed E-state index contributed by atoms with van der Waals surface area (Å²) in [5.41, 5.74) is 1.14. The normalized spacial score (nSPS) is 9.62. The molecule has 1 aromatic carbocycles. The number of hydrogen-bond donors (Lipinski definition) is 2. The molecule has 4 heteroatoms. The van der Waals surface area contributed by atoms with E-state index in [0.29, 0.717) is 0 Å². The standard InChI is InChI=1S/C12H13NO3/c1-7(2)11(15)13-12(16)9-6-8(3)4-5-10(9)14/h4-6,14H,1H2,2-3H3,(H,13,15,16). The van der Waals surface area contributed by atoms with E-state index >= 15 is 0 Å². The Labute approximate surface area is 93.6 Å². The Kier molecular flexibility index (Phi) is 3.45. The van der Waals surface area contributed by atoms with Crippen LogP contribution >= 0.6 is 0 Å². The third-order valence-electron chi connectivity index (χ3n) is 2.01. The van der Waals surface area contributed by atoms with Crippen LogP contribution in [0.4, 0.5) is 0 Å². The lowest BCUT2D eigenvalue weighted by atomic mass is 10.1. The van der Waals surface area contributed by atoms with E-state index < -0.39 is 11.8 Å². The van der Waals surface area contributed by atoms with Crippen LogP contribution in [-0.2, 0) is 4.79 Å². The highest BCUT2D eigenvalue weighted by molar-refractivity contribution is 6.10. The van der Waals surface area contributed by atoms with Crippen molar-refractivity contribution in [1.29, 1.82) is 0 Å². The van der Waals surface area contributed by atoms with E-state index in [1.54, 1.807) is 13.0 Å². The van der Waals surface area contributed by atoms with Crippen LogP contribution < -0.4 is 5.32 Å². The Balaban J connectivity index is 2.93. The predicted molar refractivity (Wildman–Crippen MR) is 60.1 cm³/mol. The first-order valence-electron chi connectivity index (χ1n) is 4.72. The summed E-state index contributed by atoms with van der Waals surface area (Å²) in [6, 6.07) is 4.60. The number of aryl methyl sites for hydroxylation is 1. The molecule has 0 aromatic heterocycles. The van der Waals surface area contributed by atoms with Gasteiger partial charge in [0.2, 0.25) is 0 Å². The molecule has 0 aliphatic carbocycles. The van der Waals surface area contributed by atoms with E-state index in [-0.39, 0.29) is 16.9 Å². The van der Waals surface area contributed by atoms with Crippen molar-refractivity contribution >= 4 is 11.8 Å². The molecule has 16 heavy (non-hydrogen) atoms. The quantitative estimate of drug-likeness (QED) is 0.741. The van der Waals surface area contributed by atoms with E-state index in [4.69, 9.17) is 0 Å². The third kappa shape index (κ3) is 2.70. The Morgan fingerprint density at radius 3 is 2.56 bits per heavy atom. The van der Waals surface area contributed by atoms with Gasteiger partial charge in [-0.05, 0) is 26.0 Å². The van der Waals surface area contributed by atoms with E-state index in [0.717, 1.165) is 5.56 Å². The van der Waals surface area contributed by atoms with Crippen LogP contribution in [0.2, 0.25) is 0 Å². The summed E-state index contributed by atoms with van der Waals surface area (Å²) in [5.74, 6) is -1.34. The highest BCUT2D eigenvalue weighted by Crippen LogP contribution is 2.17. The lowest BCUT2D eigenvalue weighted by molar-refractivity contribution is -0.116. The van der Waals surface area contributed by atoms with E-state index in [1.165, 1.54) is 19.1 Å². The number of aromatic hydroxyl groups is 1. The molecule has 0 atom stereocenters. The lowest BCUT2D eigenvalue weighted by Gasteiger charge is -2.06. The Hall–Kier alpha value is -2.10. The van der Waals surface area contributed by atoms with Crippen LogP contribution in [-0.4, -0.2) is 16.9 Å². The van der Waals surface area contributed by atoms with Crippen molar-refractivity contribution in [3.8, 4) is 5.75 Å². The summed E-state index contributed by atoms with van der Waals surface area (Å²) in [7, 11) is 0. The third-order valence-corrected chi connectivity index (χ3v) is 2.01. The number of carbonyl (C=O) groups is 2. The van der Waals surface area contributed by atoms with Gasteiger partial charge in [-0.1, -0.05) is 18.2 Å². The van der Waals surface area contributed by atoms with Gasteiger partial charge in [0, 0.05) is 5.57 Å². The van der Waals surface area contributed by atoms with Gasteiger partial charge in [-0.25, -0.2) is 0 Å². The average Bonchev–Trinajstić information content (AvgIpc) is 2.21. The average molecular weight is 219 g/mol. The van der Waals surface area contributed by atoms with Gasteiger partial charge in [0.1, 0.15) is 5.75 Å². The number of nitrogens with one attached hydrogen (secondary N) is 1. The summed E-state index contributed by atoms with van der Waals surface area (Å²) in [5, 5.41) is 11.6. The molecule has 0 radical (unpaired) electrons. The summed E-state index contributed by atoms with van der Waals surface area (Å²) < 4.78 is 0. The van der Waals surface area contributed by atoms with Crippen molar-refractivity contribution in [3.05, 3.63) is 41.5 Å². The van der Waals surface area contributed by atoms with Crippen molar-refractivity contribution < 1.29 is 14.7 Å². The molecule has 0 saturated carbocycles. The summed E-state index contributed by atoms with van der Waals surface area (Å²) in [6.45, 7) is 6.70. The molecule has 2 N–H and O–H groups in total. The van der Waals surface area contributed by atoms with Gasteiger partial charge >= 0.3 is 0 Å². The minimum absolute atomic E-state index is 0.0783. The molecule has 84 valence electrons. The number of phenolic OH excluding ortho intramolecular Hbond substituents is 1. The van der Waals surface area contributed by atoms with Crippen LogP contribution in [0.3, 0.4) is 0 Å². The molecule has 0 bridgehead atoms. The molecule has 0 unspecified atom stereocenters. The highest BCUT2D eigenvalue weighted by Gasteiger charge is 2.14. The van der Waals surface area contributed by atoms with E-state index in [9.17, 15) is 14.7 Å². The van der Waals surface area contributed by atoms with Crippen LogP contribution in [0.15, 0.2) is 30.4 Å². The number of amides is 2. The van der Waals surface area contributed by atoms with Crippen LogP contribution in [0.25, 0.3) is 0 Å². The molecule has 4 nitrogen and oxygen atoms in total. The Morgan fingerprint density at radius 1 is 1.38 bits per heavy atom. The zero-order chi connectivity index (χ0) is 12.3. The predicted octanol–water partition coefficient (Wildman–Crippen LogP) is 1.53. The monoisotopic (exact) mass is 219 g/mol. The van der Waals surface area contributed by atoms with Gasteiger partial charge in [-0.15, -0.1) is 0 Å². The van der Waals surface area contributed by atoms with E-state index in [2.05, 4.69) is 11.9 Å². The summed E-state index contributed by atoms with van der Waals surface area (Å²) >= 11 is 0. The number of hydrogen-bond acceptors (Lipinski definition) is 3.